The summed E-state index contributed by atoms with van der Waals surface area (Å²) in [4.78, 5) is 12.9. The summed E-state index contributed by atoms with van der Waals surface area (Å²) in [6, 6.07) is 0. The minimum Gasteiger partial charge on any atom is -0.375 e. The van der Waals surface area contributed by atoms with Gasteiger partial charge in [0.05, 0.1) is 23.4 Å². The zero-order valence-corrected chi connectivity index (χ0v) is 24.8. The van der Waals surface area contributed by atoms with Crippen molar-refractivity contribution in [2.75, 3.05) is 13.2 Å². The molecule has 0 aromatic carbocycles. The minimum absolute atomic E-state index is 0.125. The van der Waals surface area contributed by atoms with E-state index in [1.807, 2.05) is 48.5 Å². The molecule has 4 nitrogen and oxygen atoms in total. The normalized spacial score (nSPS) is 14.1. The first-order valence-electron chi connectivity index (χ1n) is 12.6. The first-order chi connectivity index (χ1) is 14.0. The average molecular weight is 458 g/mol. The molecular formula is C28H59NO3. The molecule has 1 N–H and O–H groups in total. The lowest BCUT2D eigenvalue weighted by Crippen LogP contribution is -2.45. The third-order valence-electron chi connectivity index (χ3n) is 5.30. The monoisotopic (exact) mass is 457 g/mol. The fourth-order valence-electron chi connectivity index (χ4n) is 4.38. The summed E-state index contributed by atoms with van der Waals surface area (Å²) in [6.45, 7) is 34.9. The molecule has 0 aromatic heterocycles. The molecule has 0 radical (unpaired) electrons. The smallest absolute Gasteiger partial charge is 0.143 e. The molecular weight excluding hydrogens is 398 g/mol. The number of Topliss-reactive ketones (excluding diaryl/α,β-unsaturated/α-hetero) is 1. The van der Waals surface area contributed by atoms with Gasteiger partial charge in [-0.25, -0.2) is 0 Å². The van der Waals surface area contributed by atoms with Crippen LogP contribution in [0.3, 0.4) is 0 Å². The van der Waals surface area contributed by atoms with Crippen LogP contribution in [0.15, 0.2) is 0 Å². The summed E-state index contributed by atoms with van der Waals surface area (Å²) >= 11 is 0. The maximum atomic E-state index is 12.9. The van der Waals surface area contributed by atoms with Crippen LogP contribution in [0, 0.1) is 10.8 Å². The SMILES string of the molecule is CC.CC(C)(C)NCCC(C)(C)OCCC(C)(C)OC(C)(C)CC(C)(C)C(=O)C(C)(C)C. The van der Waals surface area contributed by atoms with Crippen molar-refractivity contribution in [2.45, 2.75) is 152 Å². The van der Waals surface area contributed by atoms with E-state index in [1.165, 1.54) is 0 Å². The van der Waals surface area contributed by atoms with Gasteiger partial charge in [0.15, 0.2) is 0 Å². The molecule has 0 rings (SSSR count). The van der Waals surface area contributed by atoms with Gasteiger partial charge in [0.25, 0.3) is 0 Å². The van der Waals surface area contributed by atoms with Crippen molar-refractivity contribution < 1.29 is 14.3 Å². The molecule has 0 heterocycles. The highest BCUT2D eigenvalue weighted by atomic mass is 16.5. The number of nitrogens with one attached hydrogen (secondary N) is 1. The first-order valence-corrected chi connectivity index (χ1v) is 12.6. The van der Waals surface area contributed by atoms with Crippen LogP contribution in [0.1, 0.15) is 130 Å². The minimum atomic E-state index is -0.434. The van der Waals surface area contributed by atoms with E-state index in [2.05, 4.69) is 67.6 Å². The van der Waals surface area contributed by atoms with E-state index in [0.29, 0.717) is 13.0 Å². The van der Waals surface area contributed by atoms with Gasteiger partial charge in [-0.1, -0.05) is 48.5 Å². The van der Waals surface area contributed by atoms with Crippen molar-refractivity contribution in [3.8, 4) is 0 Å². The largest absolute Gasteiger partial charge is 0.375 e. The maximum Gasteiger partial charge on any atom is 0.143 e. The Kier molecular flexibility index (Phi) is 13.0. The highest BCUT2D eigenvalue weighted by molar-refractivity contribution is 5.88. The van der Waals surface area contributed by atoms with E-state index in [1.54, 1.807) is 0 Å². The standard InChI is InChI=1S/C26H53NO3.C2H6/c1-21(2,3)20(28)23(7,8)19-26(13,14)30-25(11,12)16-18-29-24(9,10)15-17-27-22(4,5)6;1-2/h27H,15-19H2,1-14H3;1-2H3. The van der Waals surface area contributed by atoms with Gasteiger partial charge < -0.3 is 14.8 Å². The molecule has 0 saturated carbocycles. The lowest BCUT2D eigenvalue weighted by molar-refractivity contribution is -0.161. The number of hydrogen-bond donors (Lipinski definition) is 1. The Balaban J connectivity index is 0. The third-order valence-corrected chi connectivity index (χ3v) is 5.30. The molecule has 0 amide bonds. The third kappa shape index (κ3) is 15.4. The predicted molar refractivity (Wildman–Crippen MR) is 140 cm³/mol. The summed E-state index contributed by atoms with van der Waals surface area (Å²) in [5.41, 5.74) is -1.57. The number of ether oxygens (including phenoxy) is 2. The molecule has 0 spiro atoms. The molecule has 0 fully saturated rings. The fourth-order valence-corrected chi connectivity index (χ4v) is 4.38. The molecule has 0 aliphatic carbocycles. The molecule has 194 valence electrons. The summed E-state index contributed by atoms with van der Waals surface area (Å²) in [5, 5.41) is 3.52. The van der Waals surface area contributed by atoms with Crippen molar-refractivity contribution in [1.82, 2.24) is 5.32 Å². The molecule has 4 heteroatoms. The summed E-state index contributed by atoms with van der Waals surface area (Å²) in [7, 11) is 0. The van der Waals surface area contributed by atoms with Crippen molar-refractivity contribution in [1.29, 1.82) is 0 Å². The predicted octanol–water partition coefficient (Wildman–Crippen LogP) is 7.58. The van der Waals surface area contributed by atoms with Crippen LogP contribution in [-0.2, 0) is 14.3 Å². The average Bonchev–Trinajstić information content (AvgIpc) is 2.50. The molecule has 0 aliphatic rings. The zero-order valence-electron chi connectivity index (χ0n) is 24.8. The van der Waals surface area contributed by atoms with Gasteiger partial charge in [-0.3, -0.25) is 4.79 Å². The lowest BCUT2D eigenvalue weighted by Gasteiger charge is -2.42. The van der Waals surface area contributed by atoms with E-state index in [-0.39, 0.29) is 27.9 Å². The lowest BCUT2D eigenvalue weighted by atomic mass is 9.70. The van der Waals surface area contributed by atoms with Crippen LogP contribution in [0.2, 0.25) is 0 Å². The molecule has 0 aromatic rings. The van der Waals surface area contributed by atoms with Gasteiger partial charge in [0.1, 0.15) is 5.78 Å². The Morgan fingerprint density at radius 2 is 1.16 bits per heavy atom. The van der Waals surface area contributed by atoms with Crippen LogP contribution >= 0.6 is 0 Å². The van der Waals surface area contributed by atoms with Gasteiger partial charge in [0.2, 0.25) is 0 Å². The van der Waals surface area contributed by atoms with Crippen LogP contribution in [0.4, 0.5) is 0 Å². The van der Waals surface area contributed by atoms with Crippen LogP contribution in [-0.4, -0.2) is 41.3 Å². The highest BCUT2D eigenvalue weighted by Gasteiger charge is 2.42. The first kappa shape index (κ1) is 33.7. The second-order valence-corrected chi connectivity index (χ2v) is 13.5. The number of rotatable bonds is 12. The van der Waals surface area contributed by atoms with E-state index in [9.17, 15) is 4.79 Å². The van der Waals surface area contributed by atoms with Crippen LogP contribution < -0.4 is 5.32 Å². The van der Waals surface area contributed by atoms with Gasteiger partial charge in [-0.2, -0.15) is 0 Å². The van der Waals surface area contributed by atoms with Crippen molar-refractivity contribution in [3.63, 3.8) is 0 Å². The Bertz CT molecular complexity index is 546. The van der Waals surface area contributed by atoms with E-state index in [4.69, 9.17) is 9.47 Å². The highest BCUT2D eigenvalue weighted by Crippen LogP contribution is 2.39. The van der Waals surface area contributed by atoms with Gasteiger partial charge in [-0.15, -0.1) is 0 Å². The van der Waals surface area contributed by atoms with E-state index in [0.717, 1.165) is 19.4 Å². The molecule has 0 unspecified atom stereocenters. The number of carbonyl (C=O) groups is 1. The molecule has 32 heavy (non-hydrogen) atoms. The second-order valence-electron chi connectivity index (χ2n) is 13.5. The zero-order chi connectivity index (χ0) is 26.2. The summed E-state index contributed by atoms with van der Waals surface area (Å²) < 4.78 is 12.7. The maximum absolute atomic E-state index is 12.9. The topological polar surface area (TPSA) is 47.6 Å². The quantitative estimate of drug-likeness (QED) is 0.328. The number of carbonyl (C=O) groups excluding carboxylic acids is 1. The summed E-state index contributed by atoms with van der Waals surface area (Å²) in [5.74, 6) is 0.276. The molecule has 0 atom stereocenters. The van der Waals surface area contributed by atoms with Crippen molar-refractivity contribution in [3.05, 3.63) is 0 Å². The van der Waals surface area contributed by atoms with Crippen LogP contribution in [0.25, 0.3) is 0 Å². The van der Waals surface area contributed by atoms with Gasteiger partial charge in [-0.05, 0) is 88.1 Å². The number of ketones is 1. The molecule has 0 saturated heterocycles. The molecule has 0 aliphatic heterocycles. The van der Waals surface area contributed by atoms with E-state index < -0.39 is 11.0 Å². The van der Waals surface area contributed by atoms with Crippen molar-refractivity contribution in [2.24, 2.45) is 10.8 Å². The van der Waals surface area contributed by atoms with Crippen molar-refractivity contribution >= 4 is 5.78 Å². The number of hydrogen-bond acceptors (Lipinski definition) is 4. The fraction of sp³-hybridized carbons (Fsp3) is 0.964. The Morgan fingerprint density at radius 1 is 0.688 bits per heavy atom. The second kappa shape index (κ2) is 12.3. The van der Waals surface area contributed by atoms with Gasteiger partial charge in [0, 0.05) is 16.4 Å². The van der Waals surface area contributed by atoms with Crippen LogP contribution in [0.5, 0.6) is 0 Å². The van der Waals surface area contributed by atoms with Gasteiger partial charge >= 0.3 is 0 Å². The molecule has 0 bridgehead atoms. The Labute approximate surface area is 202 Å². The summed E-state index contributed by atoms with van der Waals surface area (Å²) in [6.07, 6.45) is 2.45. The van der Waals surface area contributed by atoms with E-state index >= 15 is 0 Å². The Morgan fingerprint density at radius 3 is 1.56 bits per heavy atom. The Hall–Kier alpha value is -0.450.